The Balaban J connectivity index is 0.00000162. The summed E-state index contributed by atoms with van der Waals surface area (Å²) in [4.78, 5) is 8.89. The summed E-state index contributed by atoms with van der Waals surface area (Å²) in [5, 5.41) is 5.65. The van der Waals surface area contributed by atoms with Crippen molar-refractivity contribution in [3.8, 4) is 0 Å². The van der Waals surface area contributed by atoms with E-state index in [1.165, 1.54) is 5.01 Å². The summed E-state index contributed by atoms with van der Waals surface area (Å²) < 4.78 is 1.96. The molecule has 0 saturated carbocycles. The van der Waals surface area contributed by atoms with Gasteiger partial charge in [0.1, 0.15) is 5.65 Å². The maximum absolute atomic E-state index is 5.79. The number of fused-ring (bicyclic) bond motifs is 1. The SMILES string of the molecule is CCCNc1nc(N(C)N)c2ccn(C)c2n1.Cl. The first-order chi connectivity index (χ1) is 8.13. The molecular weight excluding hydrogens is 252 g/mol. The van der Waals surface area contributed by atoms with Gasteiger partial charge in [-0.1, -0.05) is 6.92 Å². The minimum atomic E-state index is 0. The minimum Gasteiger partial charge on any atom is -0.354 e. The number of nitrogens with two attached hydrogens (primary N) is 1. The molecule has 6 nitrogen and oxygen atoms in total. The van der Waals surface area contributed by atoms with E-state index in [0.29, 0.717) is 5.95 Å². The number of nitrogens with one attached hydrogen (secondary N) is 1. The molecule has 0 aliphatic carbocycles. The van der Waals surface area contributed by atoms with Gasteiger partial charge >= 0.3 is 0 Å². The summed E-state index contributed by atoms with van der Waals surface area (Å²) in [7, 11) is 3.73. The Labute approximate surface area is 113 Å². The van der Waals surface area contributed by atoms with Crippen LogP contribution in [0, 0.1) is 0 Å². The summed E-state index contributed by atoms with van der Waals surface area (Å²) in [6.07, 6.45) is 2.98. The van der Waals surface area contributed by atoms with Crippen molar-refractivity contribution in [1.29, 1.82) is 0 Å². The Hall–Kier alpha value is -1.53. The fourth-order valence-corrected chi connectivity index (χ4v) is 1.71. The Morgan fingerprint density at radius 3 is 2.78 bits per heavy atom. The molecule has 0 saturated heterocycles. The zero-order valence-corrected chi connectivity index (χ0v) is 11.7. The van der Waals surface area contributed by atoms with Crippen molar-refractivity contribution in [1.82, 2.24) is 14.5 Å². The van der Waals surface area contributed by atoms with Crippen LogP contribution >= 0.6 is 12.4 Å². The van der Waals surface area contributed by atoms with E-state index in [1.54, 1.807) is 7.05 Å². The number of anilines is 2. The molecule has 0 bridgehead atoms. The van der Waals surface area contributed by atoms with Crippen molar-refractivity contribution in [2.45, 2.75) is 13.3 Å². The predicted octanol–water partition coefficient (Wildman–Crippen LogP) is 1.52. The van der Waals surface area contributed by atoms with Gasteiger partial charge in [0.05, 0.1) is 5.39 Å². The first-order valence-corrected chi connectivity index (χ1v) is 5.69. The summed E-state index contributed by atoms with van der Waals surface area (Å²) in [5.74, 6) is 7.14. The molecule has 0 unspecified atom stereocenters. The van der Waals surface area contributed by atoms with Crippen molar-refractivity contribution in [2.24, 2.45) is 12.9 Å². The highest BCUT2D eigenvalue weighted by Gasteiger charge is 2.11. The van der Waals surface area contributed by atoms with Gasteiger partial charge in [-0.2, -0.15) is 9.97 Å². The molecule has 0 aliphatic rings. The second-order valence-electron chi connectivity index (χ2n) is 4.07. The van der Waals surface area contributed by atoms with Gasteiger partial charge in [0.15, 0.2) is 5.82 Å². The van der Waals surface area contributed by atoms with Gasteiger partial charge in [-0.05, 0) is 12.5 Å². The highest BCUT2D eigenvalue weighted by Crippen LogP contribution is 2.23. The molecule has 2 heterocycles. The van der Waals surface area contributed by atoms with Crippen LogP contribution in [0.1, 0.15) is 13.3 Å². The predicted molar refractivity (Wildman–Crippen MR) is 77.1 cm³/mol. The number of nitrogens with zero attached hydrogens (tertiary/aromatic N) is 4. The Bertz CT molecular complexity index is 521. The van der Waals surface area contributed by atoms with Crippen LogP contribution in [0.4, 0.5) is 11.8 Å². The smallest absolute Gasteiger partial charge is 0.226 e. The van der Waals surface area contributed by atoms with Crippen LogP contribution in [0.3, 0.4) is 0 Å². The Morgan fingerprint density at radius 1 is 1.44 bits per heavy atom. The van der Waals surface area contributed by atoms with Gasteiger partial charge in [0.2, 0.25) is 5.95 Å². The van der Waals surface area contributed by atoms with Crippen LogP contribution in [0.25, 0.3) is 11.0 Å². The summed E-state index contributed by atoms with van der Waals surface area (Å²) in [6, 6.07) is 1.97. The van der Waals surface area contributed by atoms with Crippen LogP contribution in [-0.2, 0) is 7.05 Å². The molecule has 0 aromatic carbocycles. The number of halogens is 1. The highest BCUT2D eigenvalue weighted by molar-refractivity contribution is 5.88. The standard InChI is InChI=1S/C11H18N6.ClH/c1-4-6-13-11-14-9-8(5-7-16(9)2)10(15-11)17(3)12;/h5,7H,4,6,12H2,1-3H3,(H,13,14,15);1H. The number of hydrazine groups is 1. The largest absolute Gasteiger partial charge is 0.354 e. The van der Waals surface area contributed by atoms with E-state index in [0.717, 1.165) is 29.8 Å². The molecule has 100 valence electrons. The zero-order valence-electron chi connectivity index (χ0n) is 10.8. The fraction of sp³-hybridized carbons (Fsp3) is 0.455. The third-order valence-electron chi connectivity index (χ3n) is 2.57. The van der Waals surface area contributed by atoms with Gasteiger partial charge in [-0.15, -0.1) is 12.4 Å². The first-order valence-electron chi connectivity index (χ1n) is 5.69. The molecule has 2 rings (SSSR count). The van der Waals surface area contributed by atoms with E-state index in [2.05, 4.69) is 22.2 Å². The molecule has 7 heteroatoms. The molecule has 0 spiro atoms. The first kappa shape index (κ1) is 14.5. The number of aromatic nitrogens is 3. The van der Waals surface area contributed by atoms with Gasteiger partial charge in [0, 0.05) is 26.8 Å². The monoisotopic (exact) mass is 270 g/mol. The van der Waals surface area contributed by atoms with Crippen molar-refractivity contribution in [3.05, 3.63) is 12.3 Å². The zero-order chi connectivity index (χ0) is 12.4. The van der Waals surface area contributed by atoms with Crippen LogP contribution in [-0.4, -0.2) is 28.1 Å². The van der Waals surface area contributed by atoms with Crippen molar-refractivity contribution in [3.63, 3.8) is 0 Å². The van der Waals surface area contributed by atoms with Crippen molar-refractivity contribution >= 4 is 35.2 Å². The van der Waals surface area contributed by atoms with E-state index >= 15 is 0 Å². The van der Waals surface area contributed by atoms with Gasteiger partial charge < -0.3 is 9.88 Å². The average molecular weight is 271 g/mol. The molecule has 2 aromatic rings. The molecule has 18 heavy (non-hydrogen) atoms. The van der Waals surface area contributed by atoms with Crippen LogP contribution in [0.5, 0.6) is 0 Å². The van der Waals surface area contributed by atoms with Crippen molar-refractivity contribution in [2.75, 3.05) is 23.9 Å². The van der Waals surface area contributed by atoms with E-state index < -0.39 is 0 Å². The van der Waals surface area contributed by atoms with Gasteiger partial charge in [-0.3, -0.25) is 5.01 Å². The quantitative estimate of drug-likeness (QED) is 0.651. The molecule has 0 fully saturated rings. The van der Waals surface area contributed by atoms with E-state index in [9.17, 15) is 0 Å². The van der Waals surface area contributed by atoms with Gasteiger partial charge in [0.25, 0.3) is 0 Å². The lowest BCUT2D eigenvalue weighted by Crippen LogP contribution is -2.26. The minimum absolute atomic E-state index is 0. The van der Waals surface area contributed by atoms with E-state index in [-0.39, 0.29) is 12.4 Å². The fourth-order valence-electron chi connectivity index (χ4n) is 1.71. The number of aryl methyl sites for hydroxylation is 1. The molecule has 3 N–H and O–H groups in total. The molecule has 0 radical (unpaired) electrons. The summed E-state index contributed by atoms with van der Waals surface area (Å²) in [6.45, 7) is 2.95. The normalized spacial score (nSPS) is 10.2. The lowest BCUT2D eigenvalue weighted by molar-refractivity contribution is 0.915. The summed E-state index contributed by atoms with van der Waals surface area (Å²) in [5.41, 5.74) is 0.880. The maximum Gasteiger partial charge on any atom is 0.226 e. The third kappa shape index (κ3) is 2.65. The molecule has 0 amide bonds. The number of hydrogen-bond acceptors (Lipinski definition) is 5. The molecule has 0 aliphatic heterocycles. The number of hydrogen-bond donors (Lipinski definition) is 2. The van der Waals surface area contributed by atoms with Crippen LogP contribution in [0.15, 0.2) is 12.3 Å². The maximum atomic E-state index is 5.79. The van der Waals surface area contributed by atoms with Crippen LogP contribution < -0.4 is 16.2 Å². The van der Waals surface area contributed by atoms with Crippen LogP contribution in [0.2, 0.25) is 0 Å². The second-order valence-corrected chi connectivity index (χ2v) is 4.07. The lowest BCUT2D eigenvalue weighted by atomic mass is 10.3. The van der Waals surface area contributed by atoms with E-state index in [1.807, 2.05) is 23.9 Å². The van der Waals surface area contributed by atoms with Crippen molar-refractivity contribution < 1.29 is 0 Å². The Kier molecular flexibility index (Phi) is 4.75. The lowest BCUT2D eigenvalue weighted by Gasteiger charge is -2.14. The summed E-state index contributed by atoms with van der Waals surface area (Å²) >= 11 is 0. The third-order valence-corrected chi connectivity index (χ3v) is 2.57. The highest BCUT2D eigenvalue weighted by atomic mass is 35.5. The number of rotatable bonds is 4. The molecule has 2 aromatic heterocycles. The molecule has 0 atom stereocenters. The topological polar surface area (TPSA) is 72.0 Å². The second kappa shape index (κ2) is 5.88. The Morgan fingerprint density at radius 2 is 2.17 bits per heavy atom. The van der Waals surface area contributed by atoms with E-state index in [4.69, 9.17) is 5.84 Å². The molecular formula is C11H19ClN6. The van der Waals surface area contributed by atoms with Gasteiger partial charge in [-0.25, -0.2) is 5.84 Å². The average Bonchev–Trinajstić information content (AvgIpc) is 2.67.